The number of hydrogen-bond acceptors (Lipinski definition) is 2. The van der Waals surface area contributed by atoms with Gasteiger partial charge in [-0.2, -0.15) is 0 Å². The van der Waals surface area contributed by atoms with E-state index in [0.29, 0.717) is 10.0 Å². The third kappa shape index (κ3) is 4.87. The number of rotatable bonds is 5. The summed E-state index contributed by atoms with van der Waals surface area (Å²) in [4.78, 5) is 14.3. The lowest BCUT2D eigenvalue weighted by atomic mass is 9.95. The minimum Gasteiger partial charge on any atom is -0.356 e. The average Bonchev–Trinajstić information content (AvgIpc) is 2.49. The van der Waals surface area contributed by atoms with Crippen LogP contribution in [-0.2, 0) is 11.3 Å². The van der Waals surface area contributed by atoms with E-state index in [0.717, 1.165) is 45.4 Å². The number of carbonyl (C=O) groups excluding carboxylic acids is 1. The molecule has 1 aliphatic heterocycles. The molecule has 116 valence electrons. The normalized spacial score (nSPS) is 16.9. The summed E-state index contributed by atoms with van der Waals surface area (Å²) in [6.45, 7) is 5.61. The maximum atomic E-state index is 11.9. The van der Waals surface area contributed by atoms with Gasteiger partial charge in [-0.15, -0.1) is 0 Å². The SMILES string of the molecule is CCCNC(=O)C1CCN(Cc2ccc(Cl)c(Cl)c2)CC1. The molecule has 0 atom stereocenters. The Labute approximate surface area is 136 Å². The highest BCUT2D eigenvalue weighted by Crippen LogP contribution is 2.24. The molecule has 1 amide bonds. The minimum absolute atomic E-state index is 0.168. The van der Waals surface area contributed by atoms with Crippen LogP contribution in [0.4, 0.5) is 0 Å². The molecule has 1 aromatic carbocycles. The van der Waals surface area contributed by atoms with E-state index < -0.39 is 0 Å². The van der Waals surface area contributed by atoms with E-state index in [1.165, 1.54) is 5.56 Å². The van der Waals surface area contributed by atoms with E-state index in [2.05, 4.69) is 17.1 Å². The number of nitrogens with zero attached hydrogens (tertiary/aromatic N) is 1. The second-order valence-corrected chi connectivity index (χ2v) is 6.40. The van der Waals surface area contributed by atoms with Gasteiger partial charge >= 0.3 is 0 Å². The van der Waals surface area contributed by atoms with Crippen LogP contribution >= 0.6 is 23.2 Å². The molecular weight excluding hydrogens is 307 g/mol. The van der Waals surface area contributed by atoms with Crippen molar-refractivity contribution in [3.05, 3.63) is 33.8 Å². The van der Waals surface area contributed by atoms with Crippen molar-refractivity contribution in [2.45, 2.75) is 32.7 Å². The fraction of sp³-hybridized carbons (Fsp3) is 0.562. The fourth-order valence-corrected chi connectivity index (χ4v) is 2.96. The van der Waals surface area contributed by atoms with Gasteiger partial charge in [0, 0.05) is 19.0 Å². The number of amides is 1. The van der Waals surface area contributed by atoms with Gasteiger partial charge in [0.2, 0.25) is 5.91 Å². The van der Waals surface area contributed by atoms with Crippen LogP contribution in [-0.4, -0.2) is 30.4 Å². The number of likely N-dealkylation sites (tertiary alicyclic amines) is 1. The molecule has 0 radical (unpaired) electrons. The molecule has 1 fully saturated rings. The molecule has 0 saturated carbocycles. The Hall–Kier alpha value is -0.770. The summed E-state index contributed by atoms with van der Waals surface area (Å²) in [5, 5.41) is 4.18. The van der Waals surface area contributed by atoms with Gasteiger partial charge in [0.05, 0.1) is 10.0 Å². The van der Waals surface area contributed by atoms with Gasteiger partial charge in [-0.3, -0.25) is 9.69 Å². The molecule has 1 aliphatic rings. The van der Waals surface area contributed by atoms with Crippen molar-refractivity contribution in [2.24, 2.45) is 5.92 Å². The number of halogens is 2. The second kappa shape index (κ2) is 8.02. The molecule has 0 aromatic heterocycles. The predicted molar refractivity (Wildman–Crippen MR) is 87.8 cm³/mol. The molecule has 0 unspecified atom stereocenters. The van der Waals surface area contributed by atoms with Gasteiger partial charge in [0.25, 0.3) is 0 Å². The van der Waals surface area contributed by atoms with Crippen LogP contribution in [0, 0.1) is 5.92 Å². The Balaban J connectivity index is 1.81. The van der Waals surface area contributed by atoms with Gasteiger partial charge in [-0.1, -0.05) is 36.2 Å². The highest BCUT2D eigenvalue weighted by molar-refractivity contribution is 6.42. The summed E-state index contributed by atoms with van der Waals surface area (Å²) in [7, 11) is 0. The van der Waals surface area contributed by atoms with Crippen molar-refractivity contribution in [1.29, 1.82) is 0 Å². The molecule has 1 N–H and O–H groups in total. The Morgan fingerprint density at radius 1 is 1.29 bits per heavy atom. The number of carbonyl (C=O) groups is 1. The first kappa shape index (κ1) is 16.6. The quantitative estimate of drug-likeness (QED) is 0.893. The number of hydrogen-bond donors (Lipinski definition) is 1. The van der Waals surface area contributed by atoms with Crippen molar-refractivity contribution in [2.75, 3.05) is 19.6 Å². The first-order valence-electron chi connectivity index (χ1n) is 7.54. The lowest BCUT2D eigenvalue weighted by Crippen LogP contribution is -2.40. The van der Waals surface area contributed by atoms with Crippen LogP contribution in [0.5, 0.6) is 0 Å². The van der Waals surface area contributed by atoms with Gasteiger partial charge in [0.1, 0.15) is 0 Å². The Morgan fingerprint density at radius 3 is 2.62 bits per heavy atom. The summed E-state index contributed by atoms with van der Waals surface area (Å²) in [6.07, 6.45) is 2.84. The third-order valence-electron chi connectivity index (χ3n) is 3.90. The Morgan fingerprint density at radius 2 is 2.00 bits per heavy atom. The largest absolute Gasteiger partial charge is 0.356 e. The molecule has 1 heterocycles. The molecule has 1 aromatic rings. The summed E-state index contributed by atoms with van der Waals surface area (Å²) in [6, 6.07) is 5.77. The highest BCUT2D eigenvalue weighted by Gasteiger charge is 2.24. The topological polar surface area (TPSA) is 32.3 Å². The maximum Gasteiger partial charge on any atom is 0.223 e. The molecule has 3 nitrogen and oxygen atoms in total. The van der Waals surface area contributed by atoms with Crippen LogP contribution in [0.2, 0.25) is 10.0 Å². The minimum atomic E-state index is 0.168. The zero-order chi connectivity index (χ0) is 15.2. The van der Waals surface area contributed by atoms with E-state index >= 15 is 0 Å². The maximum absolute atomic E-state index is 11.9. The molecule has 0 bridgehead atoms. The van der Waals surface area contributed by atoms with Crippen molar-refractivity contribution >= 4 is 29.1 Å². The zero-order valence-electron chi connectivity index (χ0n) is 12.4. The van der Waals surface area contributed by atoms with E-state index in [1.807, 2.05) is 18.2 Å². The molecule has 2 rings (SSSR count). The Kier molecular flexibility index (Phi) is 6.34. The molecule has 1 saturated heterocycles. The second-order valence-electron chi connectivity index (χ2n) is 5.59. The average molecular weight is 329 g/mol. The Bertz CT molecular complexity index is 485. The van der Waals surface area contributed by atoms with Crippen molar-refractivity contribution in [1.82, 2.24) is 10.2 Å². The first-order chi connectivity index (χ1) is 10.1. The van der Waals surface area contributed by atoms with Gasteiger partial charge in [-0.25, -0.2) is 0 Å². The number of nitrogens with one attached hydrogen (secondary N) is 1. The van der Waals surface area contributed by atoms with Crippen LogP contribution in [0.1, 0.15) is 31.7 Å². The van der Waals surface area contributed by atoms with Gasteiger partial charge in [-0.05, 0) is 50.0 Å². The van der Waals surface area contributed by atoms with Crippen molar-refractivity contribution < 1.29 is 4.79 Å². The predicted octanol–water partition coefficient (Wildman–Crippen LogP) is 3.73. The summed E-state index contributed by atoms with van der Waals surface area (Å²) in [5.74, 6) is 0.382. The van der Waals surface area contributed by atoms with E-state index in [4.69, 9.17) is 23.2 Å². The molecule has 0 aliphatic carbocycles. The first-order valence-corrected chi connectivity index (χ1v) is 8.29. The van der Waals surface area contributed by atoms with E-state index in [-0.39, 0.29) is 11.8 Å². The van der Waals surface area contributed by atoms with Crippen molar-refractivity contribution in [3.8, 4) is 0 Å². The zero-order valence-corrected chi connectivity index (χ0v) is 13.9. The van der Waals surface area contributed by atoms with Gasteiger partial charge in [0.15, 0.2) is 0 Å². The summed E-state index contributed by atoms with van der Waals surface area (Å²) >= 11 is 12.0. The monoisotopic (exact) mass is 328 g/mol. The summed E-state index contributed by atoms with van der Waals surface area (Å²) in [5.41, 5.74) is 1.17. The van der Waals surface area contributed by atoms with Crippen LogP contribution in [0.25, 0.3) is 0 Å². The molecular formula is C16H22Cl2N2O. The number of piperidine rings is 1. The molecule has 5 heteroatoms. The fourth-order valence-electron chi connectivity index (χ4n) is 2.64. The number of benzene rings is 1. The standard InChI is InChI=1S/C16H22Cl2N2O/c1-2-7-19-16(21)13-5-8-20(9-6-13)11-12-3-4-14(17)15(18)10-12/h3-4,10,13H,2,5-9,11H2,1H3,(H,19,21). The van der Waals surface area contributed by atoms with E-state index in [9.17, 15) is 4.79 Å². The lowest BCUT2D eigenvalue weighted by molar-refractivity contribution is -0.126. The third-order valence-corrected chi connectivity index (χ3v) is 4.64. The van der Waals surface area contributed by atoms with Crippen LogP contribution < -0.4 is 5.32 Å². The van der Waals surface area contributed by atoms with Crippen LogP contribution in [0.3, 0.4) is 0 Å². The lowest BCUT2D eigenvalue weighted by Gasteiger charge is -2.31. The van der Waals surface area contributed by atoms with E-state index in [1.54, 1.807) is 0 Å². The molecule has 0 spiro atoms. The van der Waals surface area contributed by atoms with Crippen molar-refractivity contribution in [3.63, 3.8) is 0 Å². The summed E-state index contributed by atoms with van der Waals surface area (Å²) < 4.78 is 0. The van der Waals surface area contributed by atoms with Gasteiger partial charge < -0.3 is 5.32 Å². The smallest absolute Gasteiger partial charge is 0.223 e. The highest BCUT2D eigenvalue weighted by atomic mass is 35.5. The molecule has 21 heavy (non-hydrogen) atoms. The van der Waals surface area contributed by atoms with Crippen LogP contribution in [0.15, 0.2) is 18.2 Å².